The number of nitrogens with zero attached hydrogens (tertiary/aromatic N) is 1. The van der Waals surface area contributed by atoms with Crippen LogP contribution in [0.15, 0.2) is 18.2 Å². The predicted octanol–water partition coefficient (Wildman–Crippen LogP) is 3.54. The number of anilines is 1. The summed E-state index contributed by atoms with van der Waals surface area (Å²) in [7, 11) is 0. The van der Waals surface area contributed by atoms with E-state index in [4.69, 9.17) is 0 Å². The number of hydrogen-bond acceptors (Lipinski definition) is 3. The van der Waals surface area contributed by atoms with Gasteiger partial charge in [-0.3, -0.25) is 4.79 Å². The number of rotatable bonds is 6. The molecule has 0 saturated carbocycles. The maximum Gasteiger partial charge on any atom is 0.330 e. The fourth-order valence-corrected chi connectivity index (χ4v) is 2.65. The number of ether oxygens (including phenoxy) is 1. The summed E-state index contributed by atoms with van der Waals surface area (Å²) in [6.45, 7) is 0.542. The lowest BCUT2D eigenvalue weighted by Crippen LogP contribution is -2.37. The largest absolute Gasteiger partial charge is 0.506 e. The zero-order valence-corrected chi connectivity index (χ0v) is 13.1. The molecular weight excluding hydrogens is 330 g/mol. The summed E-state index contributed by atoms with van der Waals surface area (Å²) >= 11 is 0. The molecule has 1 amide bonds. The molecule has 1 unspecified atom stereocenters. The van der Waals surface area contributed by atoms with Crippen LogP contribution in [0.2, 0.25) is 0 Å². The number of phenols is 1. The molecule has 1 aromatic rings. The minimum Gasteiger partial charge on any atom is -0.506 e. The number of phenolic OH excluding ortho intramolecular Hbond substituents is 1. The number of carbonyl (C=O) groups excluding carboxylic acids is 1. The summed E-state index contributed by atoms with van der Waals surface area (Å²) in [5, 5.41) is 10.0. The molecule has 0 fully saturated rings. The first-order valence-corrected chi connectivity index (χ1v) is 7.60. The summed E-state index contributed by atoms with van der Waals surface area (Å²) in [6, 6.07) is 4.98. The molecule has 0 radical (unpaired) electrons. The van der Waals surface area contributed by atoms with Gasteiger partial charge in [0.25, 0.3) is 0 Å². The maximum atomic E-state index is 12.7. The molecule has 1 atom stereocenters. The van der Waals surface area contributed by atoms with Crippen molar-refractivity contribution in [3.05, 3.63) is 23.8 Å². The first-order chi connectivity index (χ1) is 11.2. The Morgan fingerprint density at radius 3 is 2.83 bits per heavy atom. The predicted molar refractivity (Wildman–Crippen MR) is 79.9 cm³/mol. The minimum atomic E-state index is -4.23. The number of carbonyl (C=O) groups is 1. The quantitative estimate of drug-likeness (QED) is 0.631. The van der Waals surface area contributed by atoms with Gasteiger partial charge in [0.05, 0.1) is 18.7 Å². The Morgan fingerprint density at radius 1 is 1.46 bits per heavy atom. The van der Waals surface area contributed by atoms with E-state index in [1.165, 1.54) is 11.0 Å². The highest BCUT2D eigenvalue weighted by atomic mass is 19.3. The Kier molecular flexibility index (Phi) is 5.69. The standard InChI is InChI=1S/C16H19F4NO3/c1-10-5-7-21(14-11(10)3-2-4-12(14)22)13(23)6-8-24-9-16(19,20)15(17)18/h2-4,10,15,22H,5-9H2,1H3. The van der Waals surface area contributed by atoms with E-state index in [0.717, 1.165) is 5.56 Å². The Balaban J connectivity index is 1.96. The molecule has 4 nitrogen and oxygen atoms in total. The topological polar surface area (TPSA) is 49.8 Å². The van der Waals surface area contributed by atoms with Gasteiger partial charge in [0.15, 0.2) is 0 Å². The highest BCUT2D eigenvalue weighted by Crippen LogP contribution is 2.41. The van der Waals surface area contributed by atoms with Gasteiger partial charge in [-0.25, -0.2) is 8.78 Å². The molecule has 1 heterocycles. The van der Waals surface area contributed by atoms with Crippen LogP contribution >= 0.6 is 0 Å². The van der Waals surface area contributed by atoms with Gasteiger partial charge in [-0.15, -0.1) is 0 Å². The van der Waals surface area contributed by atoms with Crippen LogP contribution in [0, 0.1) is 0 Å². The molecule has 134 valence electrons. The molecule has 0 saturated heterocycles. The maximum absolute atomic E-state index is 12.7. The second kappa shape index (κ2) is 7.38. The zero-order chi connectivity index (χ0) is 17.9. The average Bonchev–Trinajstić information content (AvgIpc) is 2.52. The van der Waals surface area contributed by atoms with Crippen LogP contribution in [0.4, 0.5) is 23.2 Å². The SMILES string of the molecule is CC1CCN(C(=O)CCOCC(F)(F)C(F)F)c2c(O)cccc21. The van der Waals surface area contributed by atoms with Crippen molar-refractivity contribution in [2.24, 2.45) is 0 Å². The van der Waals surface area contributed by atoms with Crippen molar-refractivity contribution in [3.8, 4) is 5.75 Å². The molecule has 0 spiro atoms. The number of fused-ring (bicyclic) bond motifs is 1. The smallest absolute Gasteiger partial charge is 0.330 e. The normalized spacial score (nSPS) is 17.9. The Labute approximate surface area is 137 Å². The Hall–Kier alpha value is -1.83. The van der Waals surface area contributed by atoms with E-state index in [-0.39, 0.29) is 18.1 Å². The van der Waals surface area contributed by atoms with E-state index < -0.39 is 31.5 Å². The molecule has 24 heavy (non-hydrogen) atoms. The first kappa shape index (κ1) is 18.5. The van der Waals surface area contributed by atoms with Gasteiger partial charge >= 0.3 is 12.3 Å². The van der Waals surface area contributed by atoms with Crippen molar-refractivity contribution in [1.29, 1.82) is 0 Å². The van der Waals surface area contributed by atoms with Crippen molar-refractivity contribution < 1.29 is 32.2 Å². The van der Waals surface area contributed by atoms with Gasteiger partial charge in [-0.1, -0.05) is 19.1 Å². The van der Waals surface area contributed by atoms with Crippen molar-refractivity contribution in [1.82, 2.24) is 0 Å². The Bertz CT molecular complexity index is 595. The van der Waals surface area contributed by atoms with Crippen molar-refractivity contribution in [2.75, 3.05) is 24.7 Å². The van der Waals surface area contributed by atoms with Gasteiger partial charge in [-0.05, 0) is 24.0 Å². The highest BCUT2D eigenvalue weighted by molar-refractivity contribution is 5.96. The van der Waals surface area contributed by atoms with Gasteiger partial charge in [0, 0.05) is 6.54 Å². The summed E-state index contributed by atoms with van der Waals surface area (Å²) in [6.07, 6.45) is -3.34. The highest BCUT2D eigenvalue weighted by Gasteiger charge is 2.41. The summed E-state index contributed by atoms with van der Waals surface area (Å²) in [4.78, 5) is 13.7. The molecule has 8 heteroatoms. The van der Waals surface area contributed by atoms with Crippen LogP contribution in [0.5, 0.6) is 5.75 Å². The fourth-order valence-electron chi connectivity index (χ4n) is 2.65. The lowest BCUT2D eigenvalue weighted by atomic mass is 9.91. The molecule has 1 aliphatic rings. The number of amides is 1. The lowest BCUT2D eigenvalue weighted by molar-refractivity contribution is -0.166. The van der Waals surface area contributed by atoms with Gasteiger partial charge in [0.1, 0.15) is 12.4 Å². The third-order valence-corrected chi connectivity index (χ3v) is 4.01. The zero-order valence-electron chi connectivity index (χ0n) is 13.1. The number of para-hydroxylation sites is 1. The van der Waals surface area contributed by atoms with Crippen LogP contribution in [-0.2, 0) is 9.53 Å². The monoisotopic (exact) mass is 349 g/mol. The van der Waals surface area contributed by atoms with E-state index in [9.17, 15) is 27.5 Å². The average molecular weight is 349 g/mol. The second-order valence-corrected chi connectivity index (χ2v) is 5.81. The van der Waals surface area contributed by atoms with Crippen LogP contribution in [0.3, 0.4) is 0 Å². The first-order valence-electron chi connectivity index (χ1n) is 7.60. The molecule has 1 aliphatic heterocycles. The van der Waals surface area contributed by atoms with Crippen molar-refractivity contribution in [3.63, 3.8) is 0 Å². The number of aromatic hydroxyl groups is 1. The minimum absolute atomic E-state index is 0.0300. The molecule has 2 rings (SSSR count). The summed E-state index contributed by atoms with van der Waals surface area (Å²) < 4.78 is 54.0. The van der Waals surface area contributed by atoms with E-state index in [1.807, 2.05) is 13.0 Å². The van der Waals surface area contributed by atoms with Gasteiger partial charge in [0.2, 0.25) is 5.91 Å². The molecule has 0 aliphatic carbocycles. The summed E-state index contributed by atoms with van der Waals surface area (Å²) in [5.41, 5.74) is 1.25. The molecule has 0 aromatic heterocycles. The van der Waals surface area contributed by atoms with E-state index in [2.05, 4.69) is 4.74 Å². The van der Waals surface area contributed by atoms with Gasteiger partial charge in [-0.2, -0.15) is 8.78 Å². The van der Waals surface area contributed by atoms with E-state index in [0.29, 0.717) is 18.7 Å². The van der Waals surface area contributed by atoms with Crippen LogP contribution < -0.4 is 4.90 Å². The lowest BCUT2D eigenvalue weighted by Gasteiger charge is -2.33. The molecule has 1 N–H and O–H groups in total. The van der Waals surface area contributed by atoms with Crippen molar-refractivity contribution >= 4 is 11.6 Å². The fraction of sp³-hybridized carbons (Fsp3) is 0.562. The van der Waals surface area contributed by atoms with Crippen LogP contribution in [0.1, 0.15) is 31.2 Å². The van der Waals surface area contributed by atoms with Gasteiger partial charge < -0.3 is 14.7 Å². The van der Waals surface area contributed by atoms with Crippen LogP contribution in [0.25, 0.3) is 0 Å². The number of benzene rings is 1. The number of alkyl halides is 4. The second-order valence-electron chi connectivity index (χ2n) is 5.81. The number of halogens is 4. The molecule has 0 bridgehead atoms. The molecular formula is C16H19F4NO3. The van der Waals surface area contributed by atoms with E-state index >= 15 is 0 Å². The number of hydrogen-bond donors (Lipinski definition) is 1. The third-order valence-electron chi connectivity index (χ3n) is 4.01. The third kappa shape index (κ3) is 3.98. The van der Waals surface area contributed by atoms with Crippen LogP contribution in [-0.4, -0.2) is 43.1 Å². The van der Waals surface area contributed by atoms with Crippen molar-refractivity contribution in [2.45, 2.75) is 38.0 Å². The van der Waals surface area contributed by atoms with E-state index in [1.54, 1.807) is 6.07 Å². The Morgan fingerprint density at radius 2 is 2.17 bits per heavy atom. The molecule has 1 aromatic carbocycles. The summed E-state index contributed by atoms with van der Waals surface area (Å²) in [5.74, 6) is -4.49.